The molecule has 0 aromatic heterocycles. The van der Waals surface area contributed by atoms with Crippen LogP contribution in [0.2, 0.25) is 0 Å². The summed E-state index contributed by atoms with van der Waals surface area (Å²) in [6.07, 6.45) is 0. The quantitative estimate of drug-likeness (QED) is 0.773. The van der Waals surface area contributed by atoms with Gasteiger partial charge >= 0.3 is 0 Å². The Kier molecular flexibility index (Phi) is 3.24. The van der Waals surface area contributed by atoms with Crippen LogP contribution < -0.4 is 10.5 Å². The van der Waals surface area contributed by atoms with Crippen molar-refractivity contribution in [2.24, 2.45) is 0 Å². The molecule has 0 saturated heterocycles. The van der Waals surface area contributed by atoms with Crippen LogP contribution in [0.1, 0.15) is 18.1 Å². The molecule has 1 rings (SSSR count). The zero-order chi connectivity index (χ0) is 11.6. The van der Waals surface area contributed by atoms with Crippen molar-refractivity contribution in [3.8, 4) is 0 Å². The molecule has 0 heterocycles. The summed E-state index contributed by atoms with van der Waals surface area (Å²) in [6, 6.07) is 3.50. The van der Waals surface area contributed by atoms with E-state index in [1.165, 1.54) is 0 Å². The first-order chi connectivity index (χ1) is 6.85. The van der Waals surface area contributed by atoms with E-state index in [4.69, 9.17) is 5.73 Å². The van der Waals surface area contributed by atoms with Crippen molar-refractivity contribution in [3.63, 3.8) is 0 Å². The molecule has 3 N–H and O–H groups in total. The van der Waals surface area contributed by atoms with Crippen LogP contribution in [0.3, 0.4) is 0 Å². The largest absolute Gasteiger partial charge is 0.399 e. The van der Waals surface area contributed by atoms with Gasteiger partial charge in [0.1, 0.15) is 0 Å². The fourth-order valence-electron chi connectivity index (χ4n) is 1.39. The SMILES string of the molecule is CCS(=O)(=O)Nc1c(C)cc(N)cc1C. The molecule has 0 aliphatic heterocycles. The average molecular weight is 228 g/mol. The lowest BCUT2D eigenvalue weighted by atomic mass is 10.1. The molecule has 0 bridgehead atoms. The third-order valence-electron chi connectivity index (χ3n) is 2.19. The molecule has 0 atom stereocenters. The molecule has 15 heavy (non-hydrogen) atoms. The molecular formula is C10H16N2O2S. The predicted molar refractivity (Wildman–Crippen MR) is 63.4 cm³/mol. The van der Waals surface area contributed by atoms with Gasteiger partial charge in [0.05, 0.1) is 11.4 Å². The van der Waals surface area contributed by atoms with Crippen molar-refractivity contribution in [2.45, 2.75) is 20.8 Å². The minimum absolute atomic E-state index is 0.0657. The van der Waals surface area contributed by atoms with Gasteiger partial charge in [0.15, 0.2) is 0 Å². The van der Waals surface area contributed by atoms with E-state index >= 15 is 0 Å². The Balaban J connectivity index is 3.17. The second-order valence-electron chi connectivity index (χ2n) is 3.54. The molecule has 0 saturated carbocycles. The van der Waals surface area contributed by atoms with Crippen LogP contribution in [0.4, 0.5) is 11.4 Å². The molecule has 5 heteroatoms. The molecule has 4 nitrogen and oxygen atoms in total. The van der Waals surface area contributed by atoms with Gasteiger partial charge < -0.3 is 5.73 Å². The maximum atomic E-state index is 11.4. The minimum atomic E-state index is -3.22. The van der Waals surface area contributed by atoms with E-state index < -0.39 is 10.0 Å². The van der Waals surface area contributed by atoms with Crippen LogP contribution in [0.15, 0.2) is 12.1 Å². The number of nitrogens with one attached hydrogen (secondary N) is 1. The summed E-state index contributed by atoms with van der Waals surface area (Å²) in [4.78, 5) is 0. The van der Waals surface area contributed by atoms with Gasteiger partial charge in [0.2, 0.25) is 10.0 Å². The molecule has 0 aliphatic carbocycles. The number of hydrogen-bond acceptors (Lipinski definition) is 3. The topological polar surface area (TPSA) is 72.2 Å². The lowest BCUT2D eigenvalue weighted by Gasteiger charge is -2.13. The van der Waals surface area contributed by atoms with Crippen molar-refractivity contribution in [3.05, 3.63) is 23.3 Å². The van der Waals surface area contributed by atoms with E-state index in [-0.39, 0.29) is 5.75 Å². The Bertz CT molecular complexity index is 443. The number of hydrogen-bond donors (Lipinski definition) is 2. The first kappa shape index (κ1) is 11.8. The molecule has 0 spiro atoms. The third kappa shape index (κ3) is 2.86. The highest BCUT2D eigenvalue weighted by Gasteiger charge is 2.11. The fourth-order valence-corrected chi connectivity index (χ4v) is 2.16. The highest BCUT2D eigenvalue weighted by Crippen LogP contribution is 2.24. The highest BCUT2D eigenvalue weighted by atomic mass is 32.2. The Hall–Kier alpha value is -1.23. The van der Waals surface area contributed by atoms with Gasteiger partial charge in [-0.3, -0.25) is 4.72 Å². The van der Waals surface area contributed by atoms with Crippen molar-refractivity contribution < 1.29 is 8.42 Å². The van der Waals surface area contributed by atoms with E-state index in [0.717, 1.165) is 11.1 Å². The van der Waals surface area contributed by atoms with E-state index in [2.05, 4.69) is 4.72 Å². The lowest BCUT2D eigenvalue weighted by molar-refractivity contribution is 0.602. The van der Waals surface area contributed by atoms with Gasteiger partial charge in [-0.1, -0.05) is 0 Å². The lowest BCUT2D eigenvalue weighted by Crippen LogP contribution is -2.16. The van der Waals surface area contributed by atoms with Crippen LogP contribution in [0.25, 0.3) is 0 Å². The third-order valence-corrected chi connectivity index (χ3v) is 3.47. The zero-order valence-electron chi connectivity index (χ0n) is 9.16. The van der Waals surface area contributed by atoms with Crippen LogP contribution in [0, 0.1) is 13.8 Å². The van der Waals surface area contributed by atoms with Gasteiger partial charge in [-0.15, -0.1) is 0 Å². The van der Waals surface area contributed by atoms with E-state index in [0.29, 0.717) is 11.4 Å². The highest BCUT2D eigenvalue weighted by molar-refractivity contribution is 7.92. The first-order valence-electron chi connectivity index (χ1n) is 4.73. The number of nitrogen functional groups attached to an aromatic ring is 1. The number of anilines is 2. The second-order valence-corrected chi connectivity index (χ2v) is 5.55. The maximum absolute atomic E-state index is 11.4. The normalized spacial score (nSPS) is 11.4. The molecule has 0 fully saturated rings. The van der Waals surface area contributed by atoms with Crippen molar-refractivity contribution >= 4 is 21.4 Å². The Morgan fingerprint density at radius 3 is 2.13 bits per heavy atom. The Morgan fingerprint density at radius 2 is 1.73 bits per heavy atom. The van der Waals surface area contributed by atoms with Gasteiger partial charge in [0.25, 0.3) is 0 Å². The summed E-state index contributed by atoms with van der Waals surface area (Å²) >= 11 is 0. The Morgan fingerprint density at radius 1 is 1.27 bits per heavy atom. The number of nitrogens with two attached hydrogens (primary N) is 1. The number of benzene rings is 1. The monoisotopic (exact) mass is 228 g/mol. The van der Waals surface area contributed by atoms with Crippen LogP contribution in [0.5, 0.6) is 0 Å². The summed E-state index contributed by atoms with van der Waals surface area (Å²) in [7, 11) is -3.22. The fraction of sp³-hybridized carbons (Fsp3) is 0.400. The van der Waals surface area contributed by atoms with Crippen molar-refractivity contribution in [1.82, 2.24) is 0 Å². The van der Waals surface area contributed by atoms with E-state index in [1.54, 1.807) is 19.1 Å². The minimum Gasteiger partial charge on any atom is -0.399 e. The standard InChI is InChI=1S/C10H16N2O2S/c1-4-15(13,14)12-10-7(2)5-9(11)6-8(10)3/h5-6,12H,4,11H2,1-3H3. The van der Waals surface area contributed by atoms with Crippen LogP contribution in [-0.2, 0) is 10.0 Å². The molecule has 0 amide bonds. The number of sulfonamides is 1. The van der Waals surface area contributed by atoms with Gasteiger partial charge in [0, 0.05) is 5.69 Å². The summed E-state index contributed by atoms with van der Waals surface area (Å²) < 4.78 is 25.4. The van der Waals surface area contributed by atoms with E-state index in [1.807, 2.05) is 13.8 Å². The maximum Gasteiger partial charge on any atom is 0.232 e. The molecule has 0 radical (unpaired) electrons. The second kappa shape index (κ2) is 4.10. The van der Waals surface area contributed by atoms with Crippen molar-refractivity contribution in [2.75, 3.05) is 16.2 Å². The predicted octanol–water partition coefficient (Wildman–Crippen LogP) is 1.65. The van der Waals surface area contributed by atoms with Gasteiger partial charge in [-0.2, -0.15) is 0 Å². The smallest absolute Gasteiger partial charge is 0.232 e. The summed E-state index contributed by atoms with van der Waals surface area (Å²) in [6.45, 7) is 5.26. The van der Waals surface area contributed by atoms with Crippen LogP contribution >= 0.6 is 0 Å². The molecule has 0 unspecified atom stereocenters. The molecule has 0 aliphatic rings. The Labute approximate surface area is 90.5 Å². The summed E-state index contributed by atoms with van der Waals surface area (Å²) in [5.74, 6) is 0.0657. The average Bonchev–Trinajstić information content (AvgIpc) is 2.11. The van der Waals surface area contributed by atoms with Gasteiger partial charge in [-0.25, -0.2) is 8.42 Å². The number of rotatable bonds is 3. The molecule has 84 valence electrons. The molecular weight excluding hydrogens is 212 g/mol. The molecule has 1 aromatic rings. The van der Waals surface area contributed by atoms with Gasteiger partial charge in [-0.05, 0) is 44.0 Å². The summed E-state index contributed by atoms with van der Waals surface area (Å²) in [5, 5.41) is 0. The number of aryl methyl sites for hydroxylation is 2. The van der Waals surface area contributed by atoms with Crippen LogP contribution in [-0.4, -0.2) is 14.2 Å². The van der Waals surface area contributed by atoms with Crippen molar-refractivity contribution in [1.29, 1.82) is 0 Å². The zero-order valence-corrected chi connectivity index (χ0v) is 9.98. The first-order valence-corrected chi connectivity index (χ1v) is 6.38. The summed E-state index contributed by atoms with van der Waals surface area (Å²) in [5.41, 5.74) is 8.60. The van der Waals surface area contributed by atoms with E-state index in [9.17, 15) is 8.42 Å². The molecule has 1 aromatic carbocycles.